The number of ether oxygens (including phenoxy) is 1. The predicted molar refractivity (Wildman–Crippen MR) is 115 cm³/mol. The molecule has 0 bridgehead atoms. The Morgan fingerprint density at radius 1 is 1.00 bits per heavy atom. The monoisotopic (exact) mass is 418 g/mol. The van der Waals surface area contributed by atoms with E-state index in [4.69, 9.17) is 4.74 Å². The normalized spacial score (nSPS) is 13.2. The van der Waals surface area contributed by atoms with E-state index in [1.54, 1.807) is 19.2 Å². The summed E-state index contributed by atoms with van der Waals surface area (Å²) in [6.45, 7) is 0.0933. The Bertz CT molecular complexity index is 1150. The van der Waals surface area contributed by atoms with Gasteiger partial charge in [-0.15, -0.1) is 0 Å². The number of benzene rings is 2. The topological polar surface area (TPSA) is 97.6 Å². The van der Waals surface area contributed by atoms with Crippen molar-refractivity contribution >= 4 is 12.1 Å². The second-order valence-electron chi connectivity index (χ2n) is 7.48. The number of carboxylic acids is 1. The molecule has 0 spiro atoms. The van der Waals surface area contributed by atoms with Gasteiger partial charge in [-0.1, -0.05) is 54.6 Å². The second kappa shape index (κ2) is 8.47. The first-order valence-corrected chi connectivity index (χ1v) is 9.95. The van der Waals surface area contributed by atoms with E-state index in [0.29, 0.717) is 5.69 Å². The molecule has 4 rings (SSSR count). The minimum atomic E-state index is -1.22. The van der Waals surface area contributed by atoms with Crippen LogP contribution in [0.15, 0.2) is 71.5 Å². The Balaban J connectivity index is 1.45. The molecule has 1 aliphatic rings. The summed E-state index contributed by atoms with van der Waals surface area (Å²) < 4.78 is 6.79. The van der Waals surface area contributed by atoms with Crippen LogP contribution < -0.4 is 10.9 Å². The van der Waals surface area contributed by atoms with E-state index in [0.717, 1.165) is 22.3 Å². The van der Waals surface area contributed by atoms with Gasteiger partial charge in [0.1, 0.15) is 12.6 Å². The van der Waals surface area contributed by atoms with Crippen LogP contribution in [0.1, 0.15) is 22.7 Å². The van der Waals surface area contributed by atoms with Crippen LogP contribution in [0.5, 0.6) is 0 Å². The summed E-state index contributed by atoms with van der Waals surface area (Å²) in [5.41, 5.74) is 4.62. The first-order chi connectivity index (χ1) is 15.0. The van der Waals surface area contributed by atoms with Gasteiger partial charge in [0.15, 0.2) is 0 Å². The van der Waals surface area contributed by atoms with Crippen molar-refractivity contribution in [3.8, 4) is 11.1 Å². The number of aromatic nitrogens is 1. The lowest BCUT2D eigenvalue weighted by Crippen LogP contribution is -2.43. The van der Waals surface area contributed by atoms with Crippen molar-refractivity contribution < 1.29 is 19.4 Å². The molecule has 2 N–H and O–H groups in total. The number of fused-ring (bicyclic) bond motifs is 3. The molecule has 0 saturated heterocycles. The van der Waals surface area contributed by atoms with Gasteiger partial charge in [0.05, 0.1) is 0 Å². The van der Waals surface area contributed by atoms with Crippen LogP contribution in [0.4, 0.5) is 4.79 Å². The Morgan fingerprint density at radius 3 is 2.23 bits per heavy atom. The standard InChI is InChI=1S/C24H22N2O5/c1-26-15(7-6-12-22(26)27)13-21(23(28)29)25-24(30)31-14-20-18-10-4-2-8-16(18)17-9-3-5-11-19(17)20/h2-12,20-21H,13-14H2,1H3,(H,25,30)(H,28,29)/t21-/m0/s1. The lowest BCUT2D eigenvalue weighted by Gasteiger charge is -2.18. The maximum atomic E-state index is 12.4. The summed E-state index contributed by atoms with van der Waals surface area (Å²) in [4.78, 5) is 35.8. The van der Waals surface area contributed by atoms with Crippen molar-refractivity contribution in [2.24, 2.45) is 7.05 Å². The molecule has 1 aromatic heterocycles. The van der Waals surface area contributed by atoms with Crippen molar-refractivity contribution in [1.82, 2.24) is 9.88 Å². The minimum absolute atomic E-state index is 0.0356. The third-order valence-electron chi connectivity index (χ3n) is 5.64. The molecule has 0 radical (unpaired) electrons. The Labute approximate surface area is 178 Å². The number of carbonyl (C=O) groups excluding carboxylic acids is 1. The number of aliphatic carboxylic acids is 1. The molecular formula is C24H22N2O5. The van der Waals surface area contributed by atoms with Crippen LogP contribution >= 0.6 is 0 Å². The van der Waals surface area contributed by atoms with Gasteiger partial charge in [0.2, 0.25) is 5.56 Å². The highest BCUT2D eigenvalue weighted by Gasteiger charge is 2.30. The number of rotatable bonds is 6. The van der Waals surface area contributed by atoms with E-state index in [1.165, 1.54) is 10.6 Å². The van der Waals surface area contributed by atoms with Crippen molar-refractivity contribution in [3.05, 3.63) is 93.9 Å². The smallest absolute Gasteiger partial charge is 0.407 e. The second-order valence-corrected chi connectivity index (χ2v) is 7.48. The van der Waals surface area contributed by atoms with Gasteiger partial charge < -0.3 is 19.7 Å². The fourth-order valence-electron chi connectivity index (χ4n) is 4.00. The highest BCUT2D eigenvalue weighted by molar-refractivity contribution is 5.81. The molecule has 7 heteroatoms. The molecule has 0 saturated carbocycles. The summed E-state index contributed by atoms with van der Waals surface area (Å²) in [6, 6.07) is 19.3. The van der Waals surface area contributed by atoms with Gasteiger partial charge in [-0.25, -0.2) is 9.59 Å². The number of nitrogens with one attached hydrogen (secondary N) is 1. The molecule has 158 valence electrons. The first kappa shape index (κ1) is 20.4. The van der Waals surface area contributed by atoms with Crippen molar-refractivity contribution in [1.29, 1.82) is 0 Å². The van der Waals surface area contributed by atoms with Crippen LogP contribution in [-0.2, 0) is 23.0 Å². The maximum absolute atomic E-state index is 12.4. The molecule has 1 amide bonds. The molecule has 2 aromatic carbocycles. The summed E-state index contributed by atoms with van der Waals surface area (Å²) in [5, 5.41) is 11.9. The fourth-order valence-corrected chi connectivity index (χ4v) is 4.00. The lowest BCUT2D eigenvalue weighted by molar-refractivity contribution is -0.139. The van der Waals surface area contributed by atoms with Crippen LogP contribution in [0.2, 0.25) is 0 Å². The van der Waals surface area contributed by atoms with Gasteiger partial charge in [-0.3, -0.25) is 4.79 Å². The largest absolute Gasteiger partial charge is 0.480 e. The molecule has 0 fully saturated rings. The number of nitrogens with zero attached hydrogens (tertiary/aromatic N) is 1. The van der Waals surface area contributed by atoms with E-state index in [2.05, 4.69) is 5.32 Å². The molecule has 0 unspecified atom stereocenters. The maximum Gasteiger partial charge on any atom is 0.407 e. The van der Waals surface area contributed by atoms with Crippen LogP contribution in [0.3, 0.4) is 0 Å². The fraction of sp³-hybridized carbons (Fsp3) is 0.208. The number of hydrogen-bond donors (Lipinski definition) is 2. The van der Waals surface area contributed by atoms with E-state index < -0.39 is 18.1 Å². The van der Waals surface area contributed by atoms with Gasteiger partial charge in [-0.05, 0) is 28.3 Å². The lowest BCUT2D eigenvalue weighted by atomic mass is 9.98. The zero-order valence-corrected chi connectivity index (χ0v) is 16.9. The number of pyridine rings is 1. The first-order valence-electron chi connectivity index (χ1n) is 9.95. The number of alkyl carbamates (subject to hydrolysis) is 1. The number of carbonyl (C=O) groups is 2. The summed E-state index contributed by atoms with van der Waals surface area (Å²) in [5.74, 6) is -1.32. The average Bonchev–Trinajstić information content (AvgIpc) is 3.08. The van der Waals surface area contributed by atoms with E-state index >= 15 is 0 Å². The SMILES string of the molecule is Cn1c(C[C@H](NC(=O)OCC2c3ccccc3-c3ccccc32)C(=O)O)cccc1=O. The van der Waals surface area contributed by atoms with E-state index in [1.807, 2.05) is 48.5 Å². The summed E-state index contributed by atoms with van der Waals surface area (Å²) >= 11 is 0. The Kier molecular flexibility index (Phi) is 5.58. The average molecular weight is 418 g/mol. The van der Waals surface area contributed by atoms with Crippen molar-refractivity contribution in [2.45, 2.75) is 18.4 Å². The molecule has 1 aliphatic carbocycles. The summed E-state index contributed by atoms with van der Waals surface area (Å²) in [6.07, 6.45) is -0.846. The molecule has 31 heavy (non-hydrogen) atoms. The Morgan fingerprint density at radius 2 is 1.61 bits per heavy atom. The van der Waals surface area contributed by atoms with E-state index in [9.17, 15) is 19.5 Å². The molecule has 3 aromatic rings. The third-order valence-corrected chi connectivity index (χ3v) is 5.64. The van der Waals surface area contributed by atoms with Crippen molar-refractivity contribution in [3.63, 3.8) is 0 Å². The van der Waals surface area contributed by atoms with Gasteiger partial charge in [-0.2, -0.15) is 0 Å². The predicted octanol–water partition coefficient (Wildman–Crippen LogP) is 2.92. The van der Waals surface area contributed by atoms with Crippen LogP contribution in [-0.4, -0.2) is 34.4 Å². The highest BCUT2D eigenvalue weighted by Crippen LogP contribution is 2.44. The quantitative estimate of drug-likeness (QED) is 0.642. The molecular weight excluding hydrogens is 396 g/mol. The van der Waals surface area contributed by atoms with Gasteiger partial charge >= 0.3 is 12.1 Å². The van der Waals surface area contributed by atoms with Crippen LogP contribution in [0.25, 0.3) is 11.1 Å². The molecule has 7 nitrogen and oxygen atoms in total. The zero-order chi connectivity index (χ0) is 22.0. The molecule has 0 aliphatic heterocycles. The van der Waals surface area contributed by atoms with Crippen molar-refractivity contribution in [2.75, 3.05) is 6.61 Å². The van der Waals surface area contributed by atoms with Gasteiger partial charge in [0.25, 0.3) is 0 Å². The number of amides is 1. The summed E-state index contributed by atoms with van der Waals surface area (Å²) in [7, 11) is 1.56. The zero-order valence-electron chi connectivity index (χ0n) is 16.9. The molecule has 1 heterocycles. The van der Waals surface area contributed by atoms with E-state index in [-0.39, 0.29) is 24.5 Å². The Hall–Kier alpha value is -3.87. The minimum Gasteiger partial charge on any atom is -0.480 e. The number of carboxylic acid groups (broad SMARTS) is 1. The highest BCUT2D eigenvalue weighted by atomic mass is 16.5. The molecule has 1 atom stereocenters. The van der Waals surface area contributed by atoms with Crippen LogP contribution in [0, 0.1) is 0 Å². The third kappa shape index (κ3) is 4.07. The number of hydrogen-bond acceptors (Lipinski definition) is 4. The van der Waals surface area contributed by atoms with Gasteiger partial charge in [0, 0.05) is 31.1 Å².